The zero-order valence-corrected chi connectivity index (χ0v) is 7.92. The van der Waals surface area contributed by atoms with Gasteiger partial charge in [-0.25, -0.2) is 0 Å². The van der Waals surface area contributed by atoms with E-state index in [2.05, 4.69) is 9.79 Å². The molecule has 0 aromatic carbocycles. The first-order valence-electron chi connectivity index (χ1n) is 4.18. The van der Waals surface area contributed by atoms with Crippen LogP contribution in [0.5, 0.6) is 0 Å². The van der Waals surface area contributed by atoms with Crippen molar-refractivity contribution in [3.05, 3.63) is 16.3 Å². The van der Waals surface area contributed by atoms with Crippen LogP contribution < -0.4 is 4.60 Å². The molecule has 68 valence electrons. The lowest BCUT2D eigenvalue weighted by Crippen LogP contribution is -2.18. The number of hydrogen-bond donors (Lipinski definition) is 1. The average Bonchev–Trinajstić information content (AvgIpc) is 2.30. The van der Waals surface area contributed by atoms with E-state index in [1.165, 1.54) is 0 Å². The van der Waals surface area contributed by atoms with Crippen LogP contribution in [-0.2, 0) is 0 Å². The van der Waals surface area contributed by atoms with E-state index in [0.29, 0.717) is 16.2 Å². The maximum absolute atomic E-state index is 11.1. The second kappa shape index (κ2) is 3.13. The summed E-state index contributed by atoms with van der Waals surface area (Å²) in [6.07, 6.45) is 0. The molecule has 4 heteroatoms. The normalized spacial score (nSPS) is 11.5. The molecule has 0 radical (unpaired) electrons. The SMILES string of the molecule is CC(C)c1[nH]o[n+](=O)c1C(C)C. The Balaban J connectivity index is 3.22. The predicted molar refractivity (Wildman–Crippen MR) is 44.6 cm³/mol. The largest absolute Gasteiger partial charge is 0.247 e. The summed E-state index contributed by atoms with van der Waals surface area (Å²) < 4.78 is 5.21. The summed E-state index contributed by atoms with van der Waals surface area (Å²) in [7, 11) is 0. The third kappa shape index (κ3) is 1.42. The molecule has 0 amide bonds. The van der Waals surface area contributed by atoms with Crippen molar-refractivity contribution in [2.75, 3.05) is 0 Å². The van der Waals surface area contributed by atoms with Crippen LogP contribution in [0.4, 0.5) is 0 Å². The summed E-state index contributed by atoms with van der Waals surface area (Å²) in [4.78, 5) is 11.1. The molecule has 0 unspecified atom stereocenters. The Morgan fingerprint density at radius 1 is 1.25 bits per heavy atom. The van der Waals surface area contributed by atoms with Gasteiger partial charge in [-0.1, -0.05) is 37.5 Å². The second-order valence-corrected chi connectivity index (χ2v) is 3.56. The Bertz CT molecular complexity index is 309. The van der Waals surface area contributed by atoms with Gasteiger partial charge in [-0.15, -0.1) is 0 Å². The Kier molecular flexibility index (Phi) is 2.35. The molecule has 0 aliphatic rings. The van der Waals surface area contributed by atoms with E-state index in [4.69, 9.17) is 0 Å². The van der Waals surface area contributed by atoms with Gasteiger partial charge in [-0.3, -0.25) is 0 Å². The molecule has 0 aliphatic heterocycles. The van der Waals surface area contributed by atoms with Crippen molar-refractivity contribution in [2.24, 2.45) is 0 Å². The standard InChI is InChI=1S/C8H15N2O2/c1-5(2)7-8(6(3)4)10(11)12-9-7/h5-6,9H,1-4H3/q+1. The highest BCUT2D eigenvalue weighted by atomic mass is 16.7. The molecule has 0 saturated heterocycles. The molecule has 1 rings (SSSR count). The molecule has 1 N–H and O–H groups in total. The molecular formula is C8H15N2O2+. The molecule has 1 aromatic heterocycles. The Labute approximate surface area is 71.1 Å². The minimum atomic E-state index is 0.190. The molecule has 0 bridgehead atoms. The van der Waals surface area contributed by atoms with E-state index in [-0.39, 0.29) is 5.92 Å². The van der Waals surface area contributed by atoms with Crippen molar-refractivity contribution in [1.82, 2.24) is 5.16 Å². The summed E-state index contributed by atoms with van der Waals surface area (Å²) in [5.41, 5.74) is 1.59. The average molecular weight is 171 g/mol. The minimum Gasteiger partial charge on any atom is -0.0882 e. The van der Waals surface area contributed by atoms with E-state index in [1.54, 1.807) is 0 Å². The van der Waals surface area contributed by atoms with Gasteiger partial charge in [0.2, 0.25) is 5.69 Å². The molecule has 0 aliphatic carbocycles. The first kappa shape index (κ1) is 9.03. The van der Waals surface area contributed by atoms with Crippen molar-refractivity contribution in [1.29, 1.82) is 0 Å². The van der Waals surface area contributed by atoms with Gasteiger partial charge in [0.25, 0.3) is 0 Å². The monoisotopic (exact) mass is 171 g/mol. The van der Waals surface area contributed by atoms with Crippen molar-refractivity contribution in [3.8, 4) is 0 Å². The van der Waals surface area contributed by atoms with Gasteiger partial charge in [0.1, 0.15) is 0 Å². The fourth-order valence-corrected chi connectivity index (χ4v) is 1.23. The van der Waals surface area contributed by atoms with Crippen LogP contribution >= 0.6 is 0 Å². The lowest BCUT2D eigenvalue weighted by Gasteiger charge is -1.98. The van der Waals surface area contributed by atoms with E-state index >= 15 is 0 Å². The number of H-pyrrole nitrogens is 1. The molecule has 1 heterocycles. The fourth-order valence-electron chi connectivity index (χ4n) is 1.23. The van der Waals surface area contributed by atoms with Crippen LogP contribution in [-0.4, -0.2) is 5.16 Å². The third-order valence-electron chi connectivity index (χ3n) is 1.84. The number of nitrogens with zero attached hydrogens (tertiary/aromatic N) is 1. The number of nitrogens with one attached hydrogen (secondary N) is 1. The van der Waals surface area contributed by atoms with Crippen molar-refractivity contribution in [3.63, 3.8) is 0 Å². The van der Waals surface area contributed by atoms with Crippen LogP contribution in [0.15, 0.2) is 4.63 Å². The topological polar surface area (TPSA) is 51.9 Å². The summed E-state index contributed by atoms with van der Waals surface area (Å²) in [5.74, 6) is 0.483. The Morgan fingerprint density at radius 3 is 2.17 bits per heavy atom. The first-order chi connectivity index (χ1) is 5.54. The smallest absolute Gasteiger partial charge is 0.0882 e. The van der Waals surface area contributed by atoms with Crippen molar-refractivity contribution < 1.29 is 9.23 Å². The van der Waals surface area contributed by atoms with E-state index in [9.17, 15) is 4.91 Å². The summed E-state index contributed by atoms with van der Waals surface area (Å²) >= 11 is 0. The minimum absolute atomic E-state index is 0.190. The van der Waals surface area contributed by atoms with Crippen LogP contribution in [0.3, 0.4) is 0 Å². The van der Waals surface area contributed by atoms with Gasteiger partial charge in [0.05, 0.1) is 0 Å². The van der Waals surface area contributed by atoms with Crippen LogP contribution in [0.25, 0.3) is 0 Å². The highest BCUT2D eigenvalue weighted by molar-refractivity contribution is 5.11. The maximum atomic E-state index is 11.1. The summed E-state index contributed by atoms with van der Waals surface area (Å²) in [5, 5.41) is 2.63. The predicted octanol–water partition coefficient (Wildman–Crippen LogP) is 1.77. The first-order valence-corrected chi connectivity index (χ1v) is 4.18. The van der Waals surface area contributed by atoms with Crippen LogP contribution in [0, 0.1) is 4.91 Å². The fraction of sp³-hybridized carbons (Fsp3) is 0.750. The van der Waals surface area contributed by atoms with E-state index in [1.807, 2.05) is 27.7 Å². The molecule has 1 aromatic rings. The van der Waals surface area contributed by atoms with Gasteiger partial charge >= 0.3 is 0 Å². The molecule has 0 spiro atoms. The lowest BCUT2D eigenvalue weighted by atomic mass is 10.0. The van der Waals surface area contributed by atoms with Gasteiger partial charge < -0.3 is 0 Å². The van der Waals surface area contributed by atoms with Gasteiger partial charge in [0, 0.05) is 11.8 Å². The van der Waals surface area contributed by atoms with Gasteiger partial charge in [-0.2, -0.15) is 0 Å². The van der Waals surface area contributed by atoms with E-state index in [0.717, 1.165) is 5.69 Å². The molecular weight excluding hydrogens is 156 g/mol. The maximum Gasteiger partial charge on any atom is 0.247 e. The summed E-state index contributed by atoms with van der Waals surface area (Å²) in [6, 6.07) is 0. The summed E-state index contributed by atoms with van der Waals surface area (Å²) in [6.45, 7) is 7.98. The number of hydrogen-bond acceptors (Lipinski definition) is 2. The quantitative estimate of drug-likeness (QED) is 0.737. The van der Waals surface area contributed by atoms with Gasteiger partial charge in [0.15, 0.2) is 10.3 Å². The number of aromatic amines is 1. The van der Waals surface area contributed by atoms with E-state index < -0.39 is 0 Å². The third-order valence-corrected chi connectivity index (χ3v) is 1.84. The Morgan fingerprint density at radius 2 is 1.83 bits per heavy atom. The van der Waals surface area contributed by atoms with Crippen molar-refractivity contribution in [2.45, 2.75) is 39.5 Å². The Hall–Kier alpha value is -1.06. The zero-order chi connectivity index (χ0) is 9.30. The molecule has 4 nitrogen and oxygen atoms in total. The highest BCUT2D eigenvalue weighted by Crippen LogP contribution is 2.19. The molecule has 12 heavy (non-hydrogen) atoms. The van der Waals surface area contributed by atoms with Gasteiger partial charge in [-0.05, 0) is 4.91 Å². The zero-order valence-electron chi connectivity index (χ0n) is 7.92. The van der Waals surface area contributed by atoms with Crippen LogP contribution in [0.2, 0.25) is 0 Å². The highest BCUT2D eigenvalue weighted by Gasteiger charge is 2.24. The molecule has 0 saturated carbocycles. The second-order valence-electron chi connectivity index (χ2n) is 3.56. The number of rotatable bonds is 2. The van der Waals surface area contributed by atoms with Crippen LogP contribution in [0.1, 0.15) is 50.9 Å². The molecule has 0 fully saturated rings. The lowest BCUT2D eigenvalue weighted by molar-refractivity contribution is -0.720. The van der Waals surface area contributed by atoms with Crippen molar-refractivity contribution >= 4 is 0 Å². The molecule has 0 atom stereocenters. The number of aromatic nitrogens is 2.